The summed E-state index contributed by atoms with van der Waals surface area (Å²) in [4.78, 5) is 13.9. The molecule has 1 fully saturated rings. The first-order valence-electron chi connectivity index (χ1n) is 6.30. The largest absolute Gasteiger partial charge is 0.395 e. The van der Waals surface area contributed by atoms with Crippen molar-refractivity contribution in [1.82, 2.24) is 4.90 Å². The standard InChI is InChI=1S/C15H16FNO2/c1-17(13-7-8-13)15(19)14-10-12(16)6-5-11(14)4-2-3-9-18/h5-6,10,13,18H,3,7-9H2,1H3. The average Bonchev–Trinajstić information content (AvgIpc) is 3.23. The Hall–Kier alpha value is -1.86. The molecule has 0 unspecified atom stereocenters. The Bertz CT molecular complexity index is 541. The van der Waals surface area contributed by atoms with Gasteiger partial charge < -0.3 is 10.0 Å². The molecule has 3 nitrogen and oxygen atoms in total. The van der Waals surface area contributed by atoms with E-state index in [1.807, 2.05) is 0 Å². The lowest BCUT2D eigenvalue weighted by atomic mass is 10.1. The molecule has 0 aliphatic heterocycles. The Morgan fingerprint density at radius 2 is 2.26 bits per heavy atom. The fraction of sp³-hybridized carbons (Fsp3) is 0.400. The van der Waals surface area contributed by atoms with Gasteiger partial charge >= 0.3 is 0 Å². The van der Waals surface area contributed by atoms with Gasteiger partial charge in [-0.25, -0.2) is 4.39 Å². The molecule has 4 heteroatoms. The lowest BCUT2D eigenvalue weighted by Crippen LogP contribution is -2.29. The van der Waals surface area contributed by atoms with Gasteiger partial charge in [0.1, 0.15) is 5.82 Å². The van der Waals surface area contributed by atoms with Gasteiger partial charge in [0.25, 0.3) is 5.91 Å². The molecule has 19 heavy (non-hydrogen) atoms. The second-order valence-electron chi connectivity index (χ2n) is 4.61. The van der Waals surface area contributed by atoms with Crippen LogP contribution in [0.4, 0.5) is 4.39 Å². The van der Waals surface area contributed by atoms with Crippen LogP contribution in [0.1, 0.15) is 35.2 Å². The van der Waals surface area contributed by atoms with Crippen molar-refractivity contribution in [2.24, 2.45) is 0 Å². The lowest BCUT2D eigenvalue weighted by Gasteiger charge is -2.17. The third kappa shape index (κ3) is 3.33. The average molecular weight is 261 g/mol. The van der Waals surface area contributed by atoms with Crippen LogP contribution in [0.3, 0.4) is 0 Å². The second kappa shape index (κ2) is 5.85. The molecule has 1 aromatic rings. The summed E-state index contributed by atoms with van der Waals surface area (Å²) in [6, 6.07) is 4.29. The number of halogens is 1. The number of nitrogens with zero attached hydrogens (tertiary/aromatic N) is 1. The molecule has 1 saturated carbocycles. The fourth-order valence-corrected chi connectivity index (χ4v) is 1.83. The highest BCUT2D eigenvalue weighted by Gasteiger charge is 2.30. The van der Waals surface area contributed by atoms with Gasteiger partial charge in [-0.1, -0.05) is 11.8 Å². The van der Waals surface area contributed by atoms with Crippen LogP contribution in [0.25, 0.3) is 0 Å². The molecule has 1 aliphatic carbocycles. The van der Waals surface area contributed by atoms with Crippen molar-refractivity contribution >= 4 is 5.91 Å². The number of hydrogen-bond acceptors (Lipinski definition) is 2. The maximum Gasteiger partial charge on any atom is 0.255 e. The molecule has 1 N–H and O–H groups in total. The first-order chi connectivity index (χ1) is 9.13. The van der Waals surface area contributed by atoms with Gasteiger partial charge in [-0.3, -0.25) is 4.79 Å². The highest BCUT2D eigenvalue weighted by Crippen LogP contribution is 2.27. The molecule has 0 heterocycles. The van der Waals surface area contributed by atoms with Crippen molar-refractivity contribution in [3.63, 3.8) is 0 Å². The summed E-state index contributed by atoms with van der Waals surface area (Å²) in [5, 5.41) is 8.70. The number of aliphatic hydroxyl groups excluding tert-OH is 1. The minimum Gasteiger partial charge on any atom is -0.395 e. The Labute approximate surface area is 112 Å². The van der Waals surface area contributed by atoms with Crippen LogP contribution in [0.5, 0.6) is 0 Å². The number of carbonyl (C=O) groups is 1. The molecule has 100 valence electrons. The van der Waals surface area contributed by atoms with Gasteiger partial charge in [-0.2, -0.15) is 0 Å². The normalized spacial score (nSPS) is 13.6. The summed E-state index contributed by atoms with van der Waals surface area (Å²) in [7, 11) is 1.73. The Kier molecular flexibility index (Phi) is 4.18. The molecular formula is C15H16FNO2. The molecule has 1 aliphatic rings. The highest BCUT2D eigenvalue weighted by molar-refractivity contribution is 5.97. The first kappa shape index (κ1) is 13.6. The Balaban J connectivity index is 2.29. The predicted molar refractivity (Wildman–Crippen MR) is 70.1 cm³/mol. The van der Waals surface area contributed by atoms with Gasteiger partial charge in [-0.15, -0.1) is 0 Å². The third-order valence-electron chi connectivity index (χ3n) is 3.09. The zero-order chi connectivity index (χ0) is 13.8. The van der Waals surface area contributed by atoms with Gasteiger partial charge in [-0.05, 0) is 31.0 Å². The van der Waals surface area contributed by atoms with E-state index in [1.165, 1.54) is 18.2 Å². The molecule has 2 rings (SSSR count). The van der Waals surface area contributed by atoms with Crippen LogP contribution in [-0.4, -0.2) is 35.6 Å². The van der Waals surface area contributed by atoms with E-state index in [2.05, 4.69) is 11.8 Å². The smallest absolute Gasteiger partial charge is 0.255 e. The van der Waals surface area contributed by atoms with Crippen LogP contribution in [-0.2, 0) is 0 Å². The Morgan fingerprint density at radius 3 is 2.89 bits per heavy atom. The third-order valence-corrected chi connectivity index (χ3v) is 3.09. The molecule has 1 amide bonds. The number of benzene rings is 1. The number of amides is 1. The zero-order valence-corrected chi connectivity index (χ0v) is 10.8. The summed E-state index contributed by atoms with van der Waals surface area (Å²) in [5.74, 6) is 4.93. The molecule has 1 aromatic carbocycles. The van der Waals surface area contributed by atoms with E-state index in [-0.39, 0.29) is 18.6 Å². The van der Waals surface area contributed by atoms with Gasteiger partial charge in [0, 0.05) is 25.1 Å². The van der Waals surface area contributed by atoms with E-state index in [0.29, 0.717) is 17.5 Å². The van der Waals surface area contributed by atoms with Crippen molar-refractivity contribution < 1.29 is 14.3 Å². The second-order valence-corrected chi connectivity index (χ2v) is 4.61. The van der Waals surface area contributed by atoms with E-state index in [0.717, 1.165) is 12.8 Å². The maximum absolute atomic E-state index is 13.3. The number of aliphatic hydroxyl groups is 1. The quantitative estimate of drug-likeness (QED) is 0.843. The van der Waals surface area contributed by atoms with Crippen molar-refractivity contribution in [3.05, 3.63) is 35.1 Å². The van der Waals surface area contributed by atoms with Crippen molar-refractivity contribution in [2.75, 3.05) is 13.7 Å². The minimum absolute atomic E-state index is 0.0283. The van der Waals surface area contributed by atoms with Crippen LogP contribution in [0.15, 0.2) is 18.2 Å². The molecule has 0 aromatic heterocycles. The molecule has 0 saturated heterocycles. The zero-order valence-electron chi connectivity index (χ0n) is 10.8. The van der Waals surface area contributed by atoms with Crippen molar-refractivity contribution in [2.45, 2.75) is 25.3 Å². The van der Waals surface area contributed by atoms with Gasteiger partial charge in [0.05, 0.1) is 12.2 Å². The first-order valence-corrected chi connectivity index (χ1v) is 6.30. The van der Waals surface area contributed by atoms with E-state index in [9.17, 15) is 9.18 Å². The molecule has 0 atom stereocenters. The minimum atomic E-state index is -0.444. The van der Waals surface area contributed by atoms with Crippen LogP contribution >= 0.6 is 0 Å². The van der Waals surface area contributed by atoms with E-state index < -0.39 is 5.82 Å². The summed E-state index contributed by atoms with van der Waals surface area (Å²) in [6.45, 7) is -0.0283. The molecule has 0 spiro atoms. The number of carbonyl (C=O) groups excluding carboxylic acids is 1. The van der Waals surface area contributed by atoms with E-state index >= 15 is 0 Å². The molecular weight excluding hydrogens is 245 g/mol. The number of rotatable bonds is 3. The van der Waals surface area contributed by atoms with Crippen molar-refractivity contribution in [3.8, 4) is 11.8 Å². The Morgan fingerprint density at radius 1 is 1.53 bits per heavy atom. The SMILES string of the molecule is CN(C(=O)c1cc(F)ccc1C#CCCO)C1CC1. The van der Waals surface area contributed by atoms with Crippen LogP contribution in [0.2, 0.25) is 0 Å². The molecule has 0 bridgehead atoms. The van der Waals surface area contributed by atoms with Crippen molar-refractivity contribution in [1.29, 1.82) is 0 Å². The van der Waals surface area contributed by atoms with E-state index in [4.69, 9.17) is 5.11 Å². The van der Waals surface area contributed by atoms with Gasteiger partial charge in [0.15, 0.2) is 0 Å². The monoisotopic (exact) mass is 261 g/mol. The predicted octanol–water partition coefficient (Wildman–Crippen LogP) is 1.79. The van der Waals surface area contributed by atoms with Crippen LogP contribution in [0, 0.1) is 17.7 Å². The summed E-state index contributed by atoms with van der Waals surface area (Å²) in [5.41, 5.74) is 0.798. The van der Waals surface area contributed by atoms with Crippen LogP contribution < -0.4 is 0 Å². The summed E-state index contributed by atoms with van der Waals surface area (Å²) < 4.78 is 13.3. The maximum atomic E-state index is 13.3. The number of hydrogen-bond donors (Lipinski definition) is 1. The van der Waals surface area contributed by atoms with Gasteiger partial charge in [0.2, 0.25) is 0 Å². The fourth-order valence-electron chi connectivity index (χ4n) is 1.83. The topological polar surface area (TPSA) is 40.5 Å². The summed E-state index contributed by atoms with van der Waals surface area (Å²) in [6.07, 6.45) is 2.34. The van der Waals surface area contributed by atoms with E-state index in [1.54, 1.807) is 11.9 Å². The summed E-state index contributed by atoms with van der Waals surface area (Å²) >= 11 is 0. The highest BCUT2D eigenvalue weighted by atomic mass is 19.1. The molecule has 0 radical (unpaired) electrons. The lowest BCUT2D eigenvalue weighted by molar-refractivity contribution is 0.0784.